The van der Waals surface area contributed by atoms with Gasteiger partial charge in [0.2, 0.25) is 0 Å². The van der Waals surface area contributed by atoms with Crippen LogP contribution in [-0.2, 0) is 4.79 Å². The number of aromatic nitrogens is 2. The normalized spacial score (nSPS) is 19.4. The molecule has 146 valence electrons. The fraction of sp³-hybridized carbons (Fsp3) is 0.381. The van der Waals surface area contributed by atoms with Crippen LogP contribution < -0.4 is 5.32 Å². The van der Waals surface area contributed by atoms with Crippen LogP contribution in [-0.4, -0.2) is 57.3 Å². The van der Waals surface area contributed by atoms with Crippen molar-refractivity contribution in [1.82, 2.24) is 14.5 Å². The highest BCUT2D eigenvalue weighted by Crippen LogP contribution is 2.30. The van der Waals surface area contributed by atoms with E-state index < -0.39 is 0 Å². The molecular weight excluding hydrogens is 354 g/mol. The van der Waals surface area contributed by atoms with Gasteiger partial charge in [-0.3, -0.25) is 4.79 Å². The van der Waals surface area contributed by atoms with Crippen molar-refractivity contribution in [3.05, 3.63) is 48.4 Å². The van der Waals surface area contributed by atoms with Gasteiger partial charge in [0, 0.05) is 18.8 Å². The van der Waals surface area contributed by atoms with Crippen LogP contribution in [0.1, 0.15) is 25.7 Å². The minimum atomic E-state index is -0.243. The van der Waals surface area contributed by atoms with Gasteiger partial charge in [-0.1, -0.05) is 12.5 Å². The number of likely N-dealkylation sites (tertiary alicyclic amines) is 1. The monoisotopic (exact) mass is 379 g/mol. The molecule has 3 heterocycles. The Morgan fingerprint density at radius 2 is 2.04 bits per heavy atom. The summed E-state index contributed by atoms with van der Waals surface area (Å²) in [6.45, 7) is 4.28. The number of hydrogen-bond donors (Lipinski definition) is 2. The molecule has 2 aliphatic rings. The molecular formula is C21H25N5O2. The van der Waals surface area contributed by atoms with Crippen LogP contribution in [0.15, 0.2) is 53.4 Å². The first-order valence-electron chi connectivity index (χ1n) is 9.86. The second kappa shape index (κ2) is 8.39. The number of fused-ring (bicyclic) bond motifs is 1. The number of piperidine rings is 1. The Bertz CT molecular complexity index is 951. The summed E-state index contributed by atoms with van der Waals surface area (Å²) in [5.41, 5.74) is 1.86. The summed E-state index contributed by atoms with van der Waals surface area (Å²) < 4.78 is 1.77. The number of carbonyl (C=O) groups excluding carboxylic acids is 1. The molecule has 0 radical (unpaired) electrons. The Balaban J connectivity index is 1.51. The van der Waals surface area contributed by atoms with E-state index in [1.54, 1.807) is 4.52 Å². The van der Waals surface area contributed by atoms with Gasteiger partial charge in [-0.05, 0) is 63.2 Å². The lowest BCUT2D eigenvalue weighted by Gasteiger charge is -2.26. The molecule has 1 saturated heterocycles. The number of aliphatic hydroxyl groups excluding tert-OH is 1. The maximum atomic E-state index is 11.4. The number of anilines is 1. The summed E-state index contributed by atoms with van der Waals surface area (Å²) in [5.74, 6) is 0.307. The van der Waals surface area contributed by atoms with E-state index in [0.29, 0.717) is 17.2 Å². The number of hydrogen-bond acceptors (Lipinski definition) is 6. The molecule has 0 spiro atoms. The Morgan fingerprint density at radius 1 is 1.18 bits per heavy atom. The maximum absolute atomic E-state index is 11.4. The number of carbonyl (C=O) groups is 1. The van der Waals surface area contributed by atoms with Crippen LogP contribution in [0, 0.1) is 0 Å². The van der Waals surface area contributed by atoms with Crippen LogP contribution in [0.3, 0.4) is 0 Å². The van der Waals surface area contributed by atoms with Gasteiger partial charge in [-0.15, -0.1) is 5.10 Å². The molecule has 1 fully saturated rings. The van der Waals surface area contributed by atoms with Crippen molar-refractivity contribution < 1.29 is 9.90 Å². The highest BCUT2D eigenvalue weighted by Gasteiger charge is 2.16. The number of allylic oxidation sites excluding steroid dienone is 3. The summed E-state index contributed by atoms with van der Waals surface area (Å²) >= 11 is 0. The van der Waals surface area contributed by atoms with Gasteiger partial charge in [-0.25, -0.2) is 9.51 Å². The van der Waals surface area contributed by atoms with E-state index in [2.05, 4.69) is 20.3 Å². The summed E-state index contributed by atoms with van der Waals surface area (Å²) in [6.07, 6.45) is 11.0. The molecule has 2 aromatic heterocycles. The predicted molar refractivity (Wildman–Crippen MR) is 111 cm³/mol. The van der Waals surface area contributed by atoms with Gasteiger partial charge in [0.05, 0.1) is 5.52 Å². The quantitative estimate of drug-likeness (QED) is 0.595. The minimum absolute atomic E-state index is 0.126. The number of nitrogens with one attached hydrogen (secondary N) is 1. The Labute approximate surface area is 164 Å². The topological polar surface area (TPSA) is 82.2 Å². The zero-order valence-electron chi connectivity index (χ0n) is 15.8. The number of pyridine rings is 1. The third kappa shape index (κ3) is 4.14. The van der Waals surface area contributed by atoms with Crippen LogP contribution in [0.2, 0.25) is 0 Å². The van der Waals surface area contributed by atoms with Crippen molar-refractivity contribution in [1.29, 1.82) is 0 Å². The zero-order valence-corrected chi connectivity index (χ0v) is 15.8. The first kappa shape index (κ1) is 18.4. The molecule has 1 aliphatic carbocycles. The Morgan fingerprint density at radius 3 is 2.86 bits per heavy atom. The van der Waals surface area contributed by atoms with Crippen molar-refractivity contribution in [2.24, 2.45) is 4.99 Å². The summed E-state index contributed by atoms with van der Waals surface area (Å²) in [7, 11) is 0. The summed E-state index contributed by atoms with van der Waals surface area (Å²) in [6, 6.07) is 5.77. The molecule has 2 aromatic rings. The molecule has 28 heavy (non-hydrogen) atoms. The van der Waals surface area contributed by atoms with Gasteiger partial charge in [-0.2, -0.15) is 0 Å². The van der Waals surface area contributed by atoms with E-state index in [9.17, 15) is 9.90 Å². The minimum Gasteiger partial charge on any atom is -0.506 e. The van der Waals surface area contributed by atoms with Crippen LogP contribution in [0.4, 0.5) is 11.5 Å². The molecule has 4 rings (SSSR count). The molecule has 7 heteroatoms. The number of aliphatic imine (C=N–C) groups is 1. The second-order valence-corrected chi connectivity index (χ2v) is 7.17. The largest absolute Gasteiger partial charge is 0.506 e. The van der Waals surface area contributed by atoms with Crippen LogP contribution in [0.5, 0.6) is 0 Å². The number of ketones is 1. The fourth-order valence-corrected chi connectivity index (χ4v) is 3.63. The highest BCUT2D eigenvalue weighted by atomic mass is 16.3. The van der Waals surface area contributed by atoms with Gasteiger partial charge in [0.25, 0.3) is 0 Å². The molecule has 0 saturated carbocycles. The first-order chi connectivity index (χ1) is 13.7. The van der Waals surface area contributed by atoms with E-state index in [4.69, 9.17) is 0 Å². The fourth-order valence-electron chi connectivity index (χ4n) is 3.63. The standard InChI is InChI=1S/C21H25N5O2/c27-16-8-9-17(19(28)15-16)23-20-18-7-2-5-14-26(18)24-21(20)22-10-6-13-25-11-3-1-4-12-25/h2,5,7-9,14-15,28H,1,3-4,6,10-13H2,(H,22,24). The molecule has 7 nitrogen and oxygen atoms in total. The molecule has 0 amide bonds. The van der Waals surface area contributed by atoms with Crippen molar-refractivity contribution in [3.63, 3.8) is 0 Å². The number of nitrogens with zero attached hydrogens (tertiary/aromatic N) is 4. The third-order valence-electron chi connectivity index (χ3n) is 5.09. The summed E-state index contributed by atoms with van der Waals surface area (Å²) in [4.78, 5) is 18.5. The molecule has 0 bridgehead atoms. The SMILES string of the molecule is O=C1C=CC(=Nc2c(NCCCN3CCCCC3)nn3ccccc23)C(O)=C1. The van der Waals surface area contributed by atoms with E-state index >= 15 is 0 Å². The first-order valence-corrected chi connectivity index (χ1v) is 9.86. The molecule has 0 aromatic carbocycles. The molecule has 2 N–H and O–H groups in total. The zero-order chi connectivity index (χ0) is 19.3. The lowest BCUT2D eigenvalue weighted by atomic mass is 10.1. The van der Waals surface area contributed by atoms with Crippen molar-refractivity contribution in [3.8, 4) is 0 Å². The molecule has 0 unspecified atom stereocenters. The van der Waals surface area contributed by atoms with Gasteiger partial charge in [0.15, 0.2) is 11.6 Å². The molecule has 0 atom stereocenters. The number of aliphatic hydroxyl groups is 1. The second-order valence-electron chi connectivity index (χ2n) is 7.17. The lowest BCUT2D eigenvalue weighted by molar-refractivity contribution is -0.110. The maximum Gasteiger partial charge on any atom is 0.182 e. The van der Waals surface area contributed by atoms with Gasteiger partial charge >= 0.3 is 0 Å². The lowest BCUT2D eigenvalue weighted by Crippen LogP contribution is -2.31. The average Bonchev–Trinajstić information content (AvgIpc) is 3.06. The van der Waals surface area contributed by atoms with E-state index in [0.717, 1.165) is 25.0 Å². The predicted octanol–water partition coefficient (Wildman–Crippen LogP) is 3.28. The van der Waals surface area contributed by atoms with Crippen LogP contribution >= 0.6 is 0 Å². The summed E-state index contributed by atoms with van der Waals surface area (Å²) in [5, 5.41) is 18.1. The van der Waals surface area contributed by atoms with Crippen LogP contribution in [0.25, 0.3) is 5.52 Å². The van der Waals surface area contributed by atoms with Crippen molar-refractivity contribution in [2.45, 2.75) is 25.7 Å². The average molecular weight is 379 g/mol. The number of rotatable bonds is 6. The Kier molecular flexibility index (Phi) is 5.53. The van der Waals surface area contributed by atoms with E-state index in [1.165, 1.54) is 50.6 Å². The smallest absolute Gasteiger partial charge is 0.182 e. The van der Waals surface area contributed by atoms with Crippen molar-refractivity contribution in [2.75, 3.05) is 31.5 Å². The van der Waals surface area contributed by atoms with Gasteiger partial charge in [0.1, 0.15) is 17.2 Å². The van der Waals surface area contributed by atoms with E-state index in [-0.39, 0.29) is 11.5 Å². The molecule has 1 aliphatic heterocycles. The van der Waals surface area contributed by atoms with Crippen molar-refractivity contribution >= 4 is 28.5 Å². The Hall–Kier alpha value is -2.93. The third-order valence-corrected chi connectivity index (χ3v) is 5.09. The van der Waals surface area contributed by atoms with E-state index in [1.807, 2.05) is 24.4 Å². The highest BCUT2D eigenvalue weighted by molar-refractivity contribution is 6.19. The van der Waals surface area contributed by atoms with Gasteiger partial charge < -0.3 is 15.3 Å².